The van der Waals surface area contributed by atoms with Gasteiger partial charge in [-0.15, -0.1) is 0 Å². The van der Waals surface area contributed by atoms with E-state index in [-0.39, 0.29) is 11.3 Å². The molecule has 1 aromatic heterocycles. The molecule has 0 aliphatic rings. The van der Waals surface area contributed by atoms with E-state index in [1.165, 1.54) is 17.0 Å². The average Bonchev–Trinajstić information content (AvgIpc) is 2.23. The molecule has 0 aliphatic heterocycles. The molecule has 2 rings (SSSR count). The zero-order valence-electron chi connectivity index (χ0n) is 8.27. The SMILES string of the molecule is CNCn1cnc2c(O)cccc2c1=O. The number of para-hydroxylation sites is 1. The second-order valence-corrected chi connectivity index (χ2v) is 3.20. The maximum atomic E-state index is 11.8. The number of hydrogen-bond donors (Lipinski definition) is 2. The van der Waals surface area contributed by atoms with Crippen LogP contribution in [0.1, 0.15) is 0 Å². The van der Waals surface area contributed by atoms with Crippen molar-refractivity contribution in [1.82, 2.24) is 14.9 Å². The topological polar surface area (TPSA) is 67.2 Å². The lowest BCUT2D eigenvalue weighted by Crippen LogP contribution is -2.26. The molecular formula is C10H11N3O2. The standard InChI is InChI=1S/C10H11N3O2/c1-11-5-13-6-12-9-7(10(13)15)3-2-4-8(9)14/h2-4,6,11,14H,5H2,1H3. The molecular weight excluding hydrogens is 194 g/mol. The fourth-order valence-corrected chi connectivity index (χ4v) is 1.46. The van der Waals surface area contributed by atoms with Gasteiger partial charge in [-0.05, 0) is 19.2 Å². The van der Waals surface area contributed by atoms with E-state index in [0.29, 0.717) is 17.6 Å². The molecule has 1 heterocycles. The van der Waals surface area contributed by atoms with Gasteiger partial charge in [-0.25, -0.2) is 4.98 Å². The van der Waals surface area contributed by atoms with Crippen molar-refractivity contribution >= 4 is 10.9 Å². The van der Waals surface area contributed by atoms with E-state index in [1.54, 1.807) is 19.2 Å². The zero-order valence-corrected chi connectivity index (χ0v) is 8.27. The van der Waals surface area contributed by atoms with Crippen molar-refractivity contribution in [2.45, 2.75) is 6.67 Å². The first-order chi connectivity index (χ1) is 7.24. The third kappa shape index (κ3) is 1.57. The Morgan fingerprint density at radius 3 is 3.07 bits per heavy atom. The summed E-state index contributed by atoms with van der Waals surface area (Å²) in [4.78, 5) is 15.9. The Balaban J connectivity index is 2.75. The van der Waals surface area contributed by atoms with Crippen molar-refractivity contribution < 1.29 is 5.11 Å². The van der Waals surface area contributed by atoms with Gasteiger partial charge in [-0.3, -0.25) is 9.36 Å². The van der Waals surface area contributed by atoms with Crippen molar-refractivity contribution in [3.05, 3.63) is 34.9 Å². The third-order valence-electron chi connectivity index (χ3n) is 2.16. The third-order valence-corrected chi connectivity index (χ3v) is 2.16. The van der Waals surface area contributed by atoms with E-state index < -0.39 is 0 Å². The van der Waals surface area contributed by atoms with Crippen LogP contribution in [0.3, 0.4) is 0 Å². The number of phenols is 1. The Morgan fingerprint density at radius 2 is 2.33 bits per heavy atom. The van der Waals surface area contributed by atoms with Crippen molar-refractivity contribution in [3.63, 3.8) is 0 Å². The molecule has 0 fully saturated rings. The number of benzene rings is 1. The van der Waals surface area contributed by atoms with Crippen LogP contribution in [0.4, 0.5) is 0 Å². The van der Waals surface area contributed by atoms with Crippen LogP contribution in [-0.2, 0) is 6.67 Å². The Hall–Kier alpha value is -1.88. The summed E-state index contributed by atoms with van der Waals surface area (Å²) in [5.74, 6) is 0.0289. The second kappa shape index (κ2) is 3.70. The van der Waals surface area contributed by atoms with Gasteiger partial charge in [0.25, 0.3) is 5.56 Å². The summed E-state index contributed by atoms with van der Waals surface area (Å²) in [6.07, 6.45) is 1.42. The summed E-state index contributed by atoms with van der Waals surface area (Å²) in [6.45, 7) is 0.400. The minimum atomic E-state index is -0.162. The van der Waals surface area contributed by atoms with Gasteiger partial charge >= 0.3 is 0 Å². The first-order valence-electron chi connectivity index (χ1n) is 4.56. The minimum Gasteiger partial charge on any atom is -0.506 e. The van der Waals surface area contributed by atoms with Crippen LogP contribution in [0.15, 0.2) is 29.3 Å². The fourth-order valence-electron chi connectivity index (χ4n) is 1.46. The van der Waals surface area contributed by atoms with E-state index in [9.17, 15) is 9.90 Å². The lowest BCUT2D eigenvalue weighted by molar-refractivity contribution is 0.479. The van der Waals surface area contributed by atoms with Gasteiger partial charge in [0, 0.05) is 0 Å². The predicted molar refractivity (Wildman–Crippen MR) is 56.7 cm³/mol. The number of aromatic hydroxyl groups is 1. The Morgan fingerprint density at radius 1 is 1.53 bits per heavy atom. The summed E-state index contributed by atoms with van der Waals surface area (Å²) in [5, 5.41) is 12.8. The number of rotatable bonds is 2. The molecule has 2 aromatic rings. The first kappa shape index (κ1) is 9.67. The van der Waals surface area contributed by atoms with Gasteiger partial charge in [0.05, 0.1) is 18.4 Å². The van der Waals surface area contributed by atoms with E-state index in [0.717, 1.165) is 0 Å². The molecule has 0 amide bonds. The molecule has 78 valence electrons. The number of hydrogen-bond acceptors (Lipinski definition) is 4. The Bertz CT molecular complexity index is 548. The molecule has 0 radical (unpaired) electrons. The maximum Gasteiger partial charge on any atom is 0.262 e. The highest BCUT2D eigenvalue weighted by molar-refractivity contribution is 5.82. The van der Waals surface area contributed by atoms with E-state index in [1.807, 2.05) is 0 Å². The molecule has 2 N–H and O–H groups in total. The molecule has 0 atom stereocenters. The van der Waals surface area contributed by atoms with Crippen LogP contribution >= 0.6 is 0 Å². The second-order valence-electron chi connectivity index (χ2n) is 3.20. The highest BCUT2D eigenvalue weighted by Gasteiger charge is 2.05. The van der Waals surface area contributed by atoms with Gasteiger partial charge in [0.2, 0.25) is 0 Å². The zero-order chi connectivity index (χ0) is 10.8. The molecule has 5 heteroatoms. The highest BCUT2D eigenvalue weighted by atomic mass is 16.3. The number of nitrogens with zero attached hydrogens (tertiary/aromatic N) is 2. The monoisotopic (exact) mass is 205 g/mol. The van der Waals surface area contributed by atoms with Gasteiger partial charge in [-0.2, -0.15) is 0 Å². The number of nitrogens with one attached hydrogen (secondary N) is 1. The van der Waals surface area contributed by atoms with E-state index in [2.05, 4.69) is 10.3 Å². The molecule has 1 aromatic carbocycles. The van der Waals surface area contributed by atoms with E-state index >= 15 is 0 Å². The number of fused-ring (bicyclic) bond motifs is 1. The summed E-state index contributed by atoms with van der Waals surface area (Å²) in [6, 6.07) is 4.79. The smallest absolute Gasteiger partial charge is 0.262 e. The van der Waals surface area contributed by atoms with Crippen LogP contribution in [-0.4, -0.2) is 21.7 Å². The molecule has 0 spiro atoms. The van der Waals surface area contributed by atoms with Gasteiger partial charge in [-0.1, -0.05) is 6.07 Å². The summed E-state index contributed by atoms with van der Waals surface area (Å²) in [7, 11) is 1.75. The van der Waals surface area contributed by atoms with Gasteiger partial charge in [0.15, 0.2) is 0 Å². The quantitative estimate of drug-likeness (QED) is 0.739. The summed E-state index contributed by atoms with van der Waals surface area (Å²) < 4.78 is 1.45. The van der Waals surface area contributed by atoms with Crippen LogP contribution in [0.25, 0.3) is 10.9 Å². The molecule has 0 aliphatic carbocycles. The molecule has 0 unspecified atom stereocenters. The minimum absolute atomic E-state index is 0.0289. The fraction of sp³-hybridized carbons (Fsp3) is 0.200. The molecule has 15 heavy (non-hydrogen) atoms. The van der Waals surface area contributed by atoms with Crippen molar-refractivity contribution in [3.8, 4) is 5.75 Å². The predicted octanol–water partition coefficient (Wildman–Crippen LogP) is 0.279. The normalized spacial score (nSPS) is 10.7. The lowest BCUT2D eigenvalue weighted by atomic mass is 10.2. The summed E-state index contributed by atoms with van der Waals surface area (Å²) in [5.41, 5.74) is 0.181. The van der Waals surface area contributed by atoms with Crippen molar-refractivity contribution in [2.75, 3.05) is 7.05 Å². The van der Waals surface area contributed by atoms with Gasteiger partial charge in [0.1, 0.15) is 11.3 Å². The highest BCUT2D eigenvalue weighted by Crippen LogP contribution is 2.18. The largest absolute Gasteiger partial charge is 0.506 e. The molecule has 0 saturated carbocycles. The molecule has 0 saturated heterocycles. The molecule has 5 nitrogen and oxygen atoms in total. The van der Waals surface area contributed by atoms with Crippen LogP contribution in [0.2, 0.25) is 0 Å². The Labute approximate surface area is 86.0 Å². The van der Waals surface area contributed by atoms with Crippen LogP contribution in [0.5, 0.6) is 5.75 Å². The first-order valence-corrected chi connectivity index (χ1v) is 4.56. The van der Waals surface area contributed by atoms with Crippen LogP contribution < -0.4 is 10.9 Å². The van der Waals surface area contributed by atoms with E-state index in [4.69, 9.17) is 0 Å². The van der Waals surface area contributed by atoms with Crippen molar-refractivity contribution in [1.29, 1.82) is 0 Å². The van der Waals surface area contributed by atoms with Crippen molar-refractivity contribution in [2.24, 2.45) is 0 Å². The van der Waals surface area contributed by atoms with Gasteiger partial charge < -0.3 is 10.4 Å². The number of phenolic OH excluding ortho intramolecular Hbond substituents is 1. The lowest BCUT2D eigenvalue weighted by Gasteiger charge is -2.05. The molecule has 0 bridgehead atoms. The average molecular weight is 205 g/mol. The maximum absolute atomic E-state index is 11.8. The summed E-state index contributed by atoms with van der Waals surface area (Å²) >= 11 is 0. The Kier molecular flexibility index (Phi) is 2.39. The number of aromatic nitrogens is 2. The van der Waals surface area contributed by atoms with Crippen LogP contribution in [0, 0.1) is 0 Å².